The van der Waals surface area contributed by atoms with E-state index in [9.17, 15) is 14.4 Å². The molecule has 2 aromatic rings. The van der Waals surface area contributed by atoms with E-state index in [4.69, 9.17) is 18.9 Å². The van der Waals surface area contributed by atoms with Crippen molar-refractivity contribution in [1.29, 1.82) is 0 Å². The van der Waals surface area contributed by atoms with Gasteiger partial charge >= 0.3 is 5.97 Å². The summed E-state index contributed by atoms with van der Waals surface area (Å²) in [6.45, 7) is 5.72. The van der Waals surface area contributed by atoms with Gasteiger partial charge in [-0.2, -0.15) is 0 Å². The Kier molecular flexibility index (Phi) is 5.26. The van der Waals surface area contributed by atoms with Crippen LogP contribution in [0.25, 0.3) is 0 Å². The number of hydrogen-bond donors (Lipinski definition) is 0. The Morgan fingerprint density at radius 1 is 1.00 bits per heavy atom. The minimum Gasteiger partial charge on any atom is -0.456 e. The van der Waals surface area contributed by atoms with Gasteiger partial charge in [-0.1, -0.05) is 24.8 Å². The molecular weight excluding hydrogens is 410 g/mol. The maximum Gasteiger partial charge on any atom is 0.340 e. The molecule has 9 heteroatoms. The number of carbonyl (C=O) groups excluding carboxylic acids is 3. The Balaban J connectivity index is 2.00. The number of carbonyl (C=O) groups is 3. The van der Waals surface area contributed by atoms with Gasteiger partial charge in [-0.05, 0) is 31.2 Å². The summed E-state index contributed by atoms with van der Waals surface area (Å²) in [7, 11) is 2.59. The number of esters is 1. The number of fused-ring (bicyclic) bond motifs is 4. The van der Waals surface area contributed by atoms with Gasteiger partial charge < -0.3 is 18.9 Å². The molecule has 0 unspecified atom stereocenters. The third-order valence-electron chi connectivity index (χ3n) is 5.08. The van der Waals surface area contributed by atoms with Crippen molar-refractivity contribution in [2.24, 2.45) is 0 Å². The highest BCUT2D eigenvalue weighted by molar-refractivity contribution is 6.55. The van der Waals surface area contributed by atoms with Gasteiger partial charge in [0.05, 0.1) is 5.57 Å². The van der Waals surface area contributed by atoms with Gasteiger partial charge in [0.2, 0.25) is 27.4 Å². The molecule has 0 atom stereocenters. The smallest absolute Gasteiger partial charge is 0.340 e. The fourth-order valence-corrected chi connectivity index (χ4v) is 4.01. The van der Waals surface area contributed by atoms with Crippen LogP contribution in [-0.4, -0.2) is 33.4 Å². The van der Waals surface area contributed by atoms with Crippen LogP contribution in [0.3, 0.4) is 0 Å². The van der Waals surface area contributed by atoms with E-state index in [2.05, 4.69) is 6.58 Å². The topological polar surface area (TPSA) is 88.1 Å². The van der Waals surface area contributed by atoms with Gasteiger partial charge in [-0.25, -0.2) is 4.79 Å². The molecule has 2 aliphatic heterocycles. The second-order valence-corrected chi connectivity index (χ2v) is 7.21. The molecule has 7 nitrogen and oxygen atoms in total. The van der Waals surface area contributed by atoms with Crippen LogP contribution in [0.1, 0.15) is 18.1 Å². The first kappa shape index (κ1) is 21.2. The average molecular weight is 428 g/mol. The van der Waals surface area contributed by atoms with Crippen molar-refractivity contribution in [2.45, 2.75) is 12.5 Å². The van der Waals surface area contributed by atoms with Crippen molar-refractivity contribution in [1.82, 2.24) is 0 Å². The lowest BCUT2D eigenvalue weighted by molar-refractivity contribution is -0.144. The van der Waals surface area contributed by atoms with E-state index < -0.39 is 23.3 Å². The lowest BCUT2D eigenvalue weighted by Gasteiger charge is -2.37. The molecule has 1 spiro atoms. The van der Waals surface area contributed by atoms with Crippen molar-refractivity contribution in [3.05, 3.63) is 83.5 Å². The number of ether oxygens (including phenoxy) is 4. The highest BCUT2D eigenvalue weighted by Gasteiger charge is 2.53. The van der Waals surface area contributed by atoms with Gasteiger partial charge in [-0.15, -0.1) is 0 Å². The van der Waals surface area contributed by atoms with Crippen LogP contribution >= 0.6 is 0 Å². The molecule has 0 saturated heterocycles. The number of allylic oxidation sites excluding steroid dienone is 1. The molecule has 0 aromatic heterocycles. The lowest BCUT2D eigenvalue weighted by atomic mass is 9.77. The summed E-state index contributed by atoms with van der Waals surface area (Å²) >= 11 is 0. The number of hydrogen-bond acceptors (Lipinski definition) is 7. The van der Waals surface area contributed by atoms with Gasteiger partial charge in [0, 0.05) is 28.8 Å². The zero-order valence-corrected chi connectivity index (χ0v) is 17.8. The lowest BCUT2D eigenvalue weighted by Crippen LogP contribution is -2.33. The van der Waals surface area contributed by atoms with Crippen molar-refractivity contribution in [3.8, 4) is 23.0 Å². The Morgan fingerprint density at radius 3 is 1.97 bits per heavy atom. The predicted octanol–water partition coefficient (Wildman–Crippen LogP) is 2.92. The van der Waals surface area contributed by atoms with E-state index in [1.54, 1.807) is 61.5 Å². The largest absolute Gasteiger partial charge is 0.456 e. The Labute approximate surface area is 186 Å². The molecule has 2 heterocycles. The average Bonchev–Trinajstić information content (AvgIpc) is 2.99. The Hall–Kier alpha value is -4.00. The summed E-state index contributed by atoms with van der Waals surface area (Å²) < 4.78 is 22.5. The number of benzene rings is 2. The zero-order chi connectivity index (χ0) is 23.0. The summed E-state index contributed by atoms with van der Waals surface area (Å²) in [6.07, 6.45) is 5.00. The maximum absolute atomic E-state index is 12.9. The van der Waals surface area contributed by atoms with Crippen LogP contribution in [0.15, 0.2) is 72.4 Å². The first-order valence-electron chi connectivity index (χ1n) is 9.87. The summed E-state index contributed by atoms with van der Waals surface area (Å²) in [6, 6.07) is 9.67. The van der Waals surface area contributed by atoms with Crippen LogP contribution in [0.4, 0.5) is 9.59 Å². The van der Waals surface area contributed by atoms with E-state index in [-0.39, 0.29) is 11.5 Å². The zero-order valence-electron chi connectivity index (χ0n) is 17.8. The standard InChI is InChI=1S/C23H18B2O7/c1-3-5-14-15(4-2)23(32-20(14)26)16-8-6-12(29-21(24)27)10-18(16)31-19-11-13(30-22(25)28)7-9-17(19)23/h3-11H,2,24-25H2,1H3/b5-3-. The van der Waals surface area contributed by atoms with Gasteiger partial charge in [0.25, 0.3) is 0 Å². The van der Waals surface area contributed by atoms with Crippen LogP contribution in [0.5, 0.6) is 23.0 Å². The third kappa shape index (κ3) is 3.32. The molecule has 0 radical (unpaired) electrons. The van der Waals surface area contributed by atoms with Crippen molar-refractivity contribution >= 4 is 33.4 Å². The third-order valence-corrected chi connectivity index (χ3v) is 5.08. The van der Waals surface area contributed by atoms with Crippen molar-refractivity contribution < 1.29 is 33.3 Å². The van der Waals surface area contributed by atoms with Crippen LogP contribution in [0.2, 0.25) is 0 Å². The molecule has 2 aromatic carbocycles. The van der Waals surface area contributed by atoms with Gasteiger partial charge in [0.1, 0.15) is 23.0 Å². The van der Waals surface area contributed by atoms with Crippen molar-refractivity contribution in [2.75, 3.05) is 0 Å². The molecular formula is C23H18B2O7. The fourth-order valence-electron chi connectivity index (χ4n) is 4.01. The fraction of sp³-hybridized carbons (Fsp3) is 0.0870. The molecule has 158 valence electrons. The van der Waals surface area contributed by atoms with Crippen LogP contribution in [0, 0.1) is 0 Å². The highest BCUT2D eigenvalue weighted by atomic mass is 16.6. The van der Waals surface area contributed by atoms with E-state index in [1.807, 2.05) is 0 Å². The van der Waals surface area contributed by atoms with E-state index in [0.717, 1.165) is 0 Å². The Morgan fingerprint density at radius 2 is 1.53 bits per heavy atom. The quantitative estimate of drug-likeness (QED) is 0.547. The predicted molar refractivity (Wildman–Crippen MR) is 121 cm³/mol. The molecule has 0 aliphatic carbocycles. The second kappa shape index (κ2) is 7.92. The summed E-state index contributed by atoms with van der Waals surface area (Å²) in [5, 5.41) is 0. The second-order valence-electron chi connectivity index (χ2n) is 7.21. The SMILES string of the molecule is BC(=O)Oc1ccc2c(c1)Oc1cc(OC(B)=O)ccc1C21OC(=O)C(/C=C\C)=C1C=C. The van der Waals surface area contributed by atoms with Crippen molar-refractivity contribution in [3.63, 3.8) is 0 Å². The molecule has 0 amide bonds. The summed E-state index contributed by atoms with van der Waals surface area (Å²) in [5.74, 6) is -0.286. The molecule has 0 N–H and O–H groups in total. The molecule has 32 heavy (non-hydrogen) atoms. The summed E-state index contributed by atoms with van der Waals surface area (Å²) in [4.78, 5) is 35.7. The van der Waals surface area contributed by atoms with E-state index in [0.29, 0.717) is 33.8 Å². The molecule has 0 fully saturated rings. The van der Waals surface area contributed by atoms with Gasteiger partial charge in [0.15, 0.2) is 5.60 Å². The minimum absolute atomic E-state index is 0.271. The van der Waals surface area contributed by atoms with Gasteiger partial charge in [-0.3, -0.25) is 9.59 Å². The molecule has 0 saturated carbocycles. The molecule has 2 aliphatic rings. The first-order chi connectivity index (χ1) is 15.3. The molecule has 4 rings (SSSR count). The van der Waals surface area contributed by atoms with Crippen LogP contribution < -0.4 is 14.2 Å². The summed E-state index contributed by atoms with van der Waals surface area (Å²) in [5.41, 5.74) is 0.675. The minimum atomic E-state index is -1.33. The van der Waals surface area contributed by atoms with E-state index in [1.165, 1.54) is 15.7 Å². The normalized spacial score (nSPS) is 15.6. The highest BCUT2D eigenvalue weighted by Crippen LogP contribution is 2.57. The van der Waals surface area contributed by atoms with Crippen LogP contribution in [-0.2, 0) is 15.1 Å². The first-order valence-corrected chi connectivity index (χ1v) is 9.87. The Bertz CT molecular complexity index is 1180. The number of rotatable bonds is 4. The monoisotopic (exact) mass is 428 g/mol. The maximum atomic E-state index is 12.9. The van der Waals surface area contributed by atoms with E-state index >= 15 is 0 Å². The molecule has 0 bridgehead atoms.